The Hall–Kier alpha value is -2.01. The maximum absolute atomic E-state index is 5.52. The maximum atomic E-state index is 5.52. The van der Waals surface area contributed by atoms with E-state index in [0.29, 0.717) is 5.92 Å². The van der Waals surface area contributed by atoms with Gasteiger partial charge in [0.05, 0.1) is 25.5 Å². The van der Waals surface area contributed by atoms with Crippen LogP contribution >= 0.6 is 0 Å². The minimum Gasteiger partial charge on any atom is -0.496 e. The monoisotopic (exact) mass is 315 g/mol. The molecule has 0 radical (unpaired) electrons. The number of aromatic nitrogens is 2. The quantitative estimate of drug-likeness (QED) is 0.850. The molecule has 0 amide bonds. The SMILES string of the molecule is COc1ccccc1[C@H]1CCN(Cc2c(C)nn(C)c2OC)C1. The maximum Gasteiger partial charge on any atom is 0.216 e. The van der Waals surface area contributed by atoms with Gasteiger partial charge in [-0.2, -0.15) is 5.10 Å². The van der Waals surface area contributed by atoms with Gasteiger partial charge in [-0.1, -0.05) is 18.2 Å². The largest absolute Gasteiger partial charge is 0.496 e. The molecule has 1 aromatic heterocycles. The number of methoxy groups -OCH3 is 2. The molecule has 0 bridgehead atoms. The van der Waals surface area contributed by atoms with Gasteiger partial charge in [-0.3, -0.25) is 4.90 Å². The van der Waals surface area contributed by atoms with E-state index in [4.69, 9.17) is 9.47 Å². The van der Waals surface area contributed by atoms with E-state index >= 15 is 0 Å². The standard InChI is InChI=1S/C18H25N3O2/c1-13-16(18(23-4)20(2)19-13)12-21-10-9-14(11-21)15-7-5-6-8-17(15)22-3/h5-8,14H,9-12H2,1-4H3/t14-/m0/s1. The van der Waals surface area contributed by atoms with Crippen LogP contribution in [0.25, 0.3) is 0 Å². The lowest BCUT2D eigenvalue weighted by Gasteiger charge is -2.18. The number of ether oxygens (including phenoxy) is 2. The van der Waals surface area contributed by atoms with E-state index in [9.17, 15) is 0 Å². The smallest absolute Gasteiger partial charge is 0.216 e. The first-order valence-electron chi connectivity index (χ1n) is 8.05. The second kappa shape index (κ2) is 6.62. The van der Waals surface area contributed by atoms with Crippen LogP contribution in [0.1, 0.15) is 29.2 Å². The van der Waals surface area contributed by atoms with Crippen LogP contribution in [-0.4, -0.2) is 42.0 Å². The Bertz CT molecular complexity index is 681. The zero-order valence-electron chi connectivity index (χ0n) is 14.4. The van der Waals surface area contributed by atoms with Crippen LogP contribution in [0.2, 0.25) is 0 Å². The fourth-order valence-electron chi connectivity index (χ4n) is 3.58. The molecular formula is C18H25N3O2. The molecule has 0 N–H and O–H groups in total. The molecule has 1 aliphatic heterocycles. The first-order valence-corrected chi connectivity index (χ1v) is 8.05. The van der Waals surface area contributed by atoms with Crippen LogP contribution in [0, 0.1) is 6.92 Å². The Balaban J connectivity index is 1.74. The van der Waals surface area contributed by atoms with Gasteiger partial charge in [-0.25, -0.2) is 4.68 Å². The molecule has 1 saturated heterocycles. The van der Waals surface area contributed by atoms with Crippen LogP contribution in [0.3, 0.4) is 0 Å². The molecule has 0 aliphatic carbocycles. The van der Waals surface area contributed by atoms with Gasteiger partial charge in [0, 0.05) is 26.1 Å². The molecule has 2 aromatic rings. The minimum absolute atomic E-state index is 0.522. The normalized spacial score (nSPS) is 18.3. The molecular weight excluding hydrogens is 290 g/mol. The zero-order chi connectivity index (χ0) is 16.4. The fourth-order valence-corrected chi connectivity index (χ4v) is 3.58. The highest BCUT2D eigenvalue weighted by Gasteiger charge is 2.27. The third kappa shape index (κ3) is 3.06. The Labute approximate surface area is 137 Å². The number of para-hydroxylation sites is 1. The highest BCUT2D eigenvalue weighted by Crippen LogP contribution is 2.34. The van der Waals surface area contributed by atoms with Gasteiger partial charge in [-0.15, -0.1) is 0 Å². The van der Waals surface area contributed by atoms with Gasteiger partial charge in [-0.05, 0) is 31.5 Å². The predicted molar refractivity (Wildman–Crippen MR) is 90.1 cm³/mol. The molecule has 1 aliphatic rings. The average Bonchev–Trinajstić information content (AvgIpc) is 3.12. The van der Waals surface area contributed by atoms with Crippen LogP contribution in [-0.2, 0) is 13.6 Å². The fraction of sp³-hybridized carbons (Fsp3) is 0.500. The van der Waals surface area contributed by atoms with Crippen molar-refractivity contribution in [3.8, 4) is 11.6 Å². The van der Waals surface area contributed by atoms with E-state index in [2.05, 4.69) is 22.1 Å². The number of rotatable bonds is 5. The minimum atomic E-state index is 0.522. The van der Waals surface area contributed by atoms with E-state index in [1.807, 2.05) is 30.8 Å². The second-order valence-corrected chi connectivity index (χ2v) is 6.16. The van der Waals surface area contributed by atoms with Crippen molar-refractivity contribution in [2.75, 3.05) is 27.3 Å². The van der Waals surface area contributed by atoms with Gasteiger partial charge in [0.25, 0.3) is 0 Å². The van der Waals surface area contributed by atoms with E-state index in [-0.39, 0.29) is 0 Å². The van der Waals surface area contributed by atoms with Crippen molar-refractivity contribution in [1.29, 1.82) is 0 Å². The van der Waals surface area contributed by atoms with Gasteiger partial charge in [0.15, 0.2) is 0 Å². The van der Waals surface area contributed by atoms with Crippen molar-refractivity contribution < 1.29 is 9.47 Å². The number of hydrogen-bond donors (Lipinski definition) is 0. The summed E-state index contributed by atoms with van der Waals surface area (Å²) in [5.74, 6) is 2.38. The summed E-state index contributed by atoms with van der Waals surface area (Å²) < 4.78 is 12.8. The third-order valence-corrected chi connectivity index (χ3v) is 4.72. The molecule has 2 heterocycles. The lowest BCUT2D eigenvalue weighted by Crippen LogP contribution is -2.20. The Kier molecular flexibility index (Phi) is 4.57. The number of nitrogens with zero attached hydrogens (tertiary/aromatic N) is 3. The number of benzene rings is 1. The van der Waals surface area contributed by atoms with Gasteiger partial charge < -0.3 is 9.47 Å². The van der Waals surface area contributed by atoms with Crippen LogP contribution in [0.5, 0.6) is 11.6 Å². The first-order chi connectivity index (χ1) is 11.1. The summed E-state index contributed by atoms with van der Waals surface area (Å²) in [7, 11) is 5.38. The van der Waals surface area contributed by atoms with Gasteiger partial charge in [0.2, 0.25) is 5.88 Å². The van der Waals surface area contributed by atoms with Crippen LogP contribution in [0.15, 0.2) is 24.3 Å². The molecule has 0 spiro atoms. The van der Waals surface area contributed by atoms with Gasteiger partial charge >= 0.3 is 0 Å². The van der Waals surface area contributed by atoms with Gasteiger partial charge in [0.1, 0.15) is 5.75 Å². The number of likely N-dealkylation sites (tertiary alicyclic amines) is 1. The molecule has 1 atom stereocenters. The van der Waals surface area contributed by atoms with Crippen molar-refractivity contribution in [1.82, 2.24) is 14.7 Å². The average molecular weight is 315 g/mol. The molecule has 5 nitrogen and oxygen atoms in total. The van der Waals surface area contributed by atoms with E-state index in [1.54, 1.807) is 14.2 Å². The second-order valence-electron chi connectivity index (χ2n) is 6.16. The van der Waals surface area contributed by atoms with Crippen LogP contribution in [0.4, 0.5) is 0 Å². The molecule has 23 heavy (non-hydrogen) atoms. The Morgan fingerprint density at radius 2 is 2.00 bits per heavy atom. The van der Waals surface area contributed by atoms with Crippen molar-refractivity contribution in [2.24, 2.45) is 7.05 Å². The van der Waals surface area contributed by atoms with Crippen LogP contribution < -0.4 is 9.47 Å². The summed E-state index contributed by atoms with van der Waals surface area (Å²) in [5, 5.41) is 4.47. The summed E-state index contributed by atoms with van der Waals surface area (Å²) in [6.07, 6.45) is 1.15. The van der Waals surface area contributed by atoms with Crippen molar-refractivity contribution >= 4 is 0 Å². The molecule has 0 unspecified atom stereocenters. The molecule has 0 saturated carbocycles. The van der Waals surface area contributed by atoms with Crippen molar-refractivity contribution in [2.45, 2.75) is 25.8 Å². The summed E-state index contributed by atoms with van der Waals surface area (Å²) in [6, 6.07) is 8.35. The topological polar surface area (TPSA) is 39.5 Å². The summed E-state index contributed by atoms with van der Waals surface area (Å²) in [4.78, 5) is 2.48. The lowest BCUT2D eigenvalue weighted by atomic mass is 9.97. The number of aryl methyl sites for hydroxylation is 2. The lowest BCUT2D eigenvalue weighted by molar-refractivity contribution is 0.310. The molecule has 3 rings (SSSR count). The Morgan fingerprint density at radius 1 is 1.22 bits per heavy atom. The highest BCUT2D eigenvalue weighted by molar-refractivity contribution is 5.37. The Morgan fingerprint density at radius 3 is 2.74 bits per heavy atom. The van der Waals surface area contributed by atoms with Crippen molar-refractivity contribution in [3.05, 3.63) is 41.1 Å². The number of hydrogen-bond acceptors (Lipinski definition) is 4. The molecule has 1 fully saturated rings. The third-order valence-electron chi connectivity index (χ3n) is 4.72. The summed E-state index contributed by atoms with van der Waals surface area (Å²) in [6.45, 7) is 5.05. The zero-order valence-corrected chi connectivity index (χ0v) is 14.4. The molecule has 5 heteroatoms. The van der Waals surface area contributed by atoms with Crippen molar-refractivity contribution in [3.63, 3.8) is 0 Å². The molecule has 1 aromatic carbocycles. The first kappa shape index (κ1) is 15.9. The summed E-state index contributed by atoms with van der Waals surface area (Å²) in [5.41, 5.74) is 3.55. The predicted octanol–water partition coefficient (Wildman–Crippen LogP) is 2.74. The van der Waals surface area contributed by atoms with E-state index in [1.165, 1.54) is 11.1 Å². The highest BCUT2D eigenvalue weighted by atomic mass is 16.5. The van der Waals surface area contributed by atoms with E-state index < -0.39 is 0 Å². The summed E-state index contributed by atoms with van der Waals surface area (Å²) >= 11 is 0. The molecule has 124 valence electrons. The van der Waals surface area contributed by atoms with E-state index in [0.717, 1.165) is 43.4 Å².